The number of carbonyl (C=O) groups excluding carboxylic acids is 2. The normalized spacial score (nSPS) is 25.7. The SMILES string of the molecule is NC1(C(=O)N2CCN(C(=O)CN3CCCC3)CC2)CCCC1. The van der Waals surface area contributed by atoms with Crippen molar-refractivity contribution in [2.45, 2.75) is 44.1 Å². The Balaban J connectivity index is 1.47. The highest BCUT2D eigenvalue weighted by atomic mass is 16.2. The summed E-state index contributed by atoms with van der Waals surface area (Å²) in [5, 5.41) is 0. The van der Waals surface area contributed by atoms with Crippen LogP contribution < -0.4 is 5.73 Å². The average Bonchev–Trinajstić information content (AvgIpc) is 3.19. The fourth-order valence-corrected chi connectivity index (χ4v) is 3.93. The Bertz CT molecular complexity index is 420. The highest BCUT2D eigenvalue weighted by molar-refractivity contribution is 5.87. The van der Waals surface area contributed by atoms with E-state index < -0.39 is 5.54 Å². The summed E-state index contributed by atoms with van der Waals surface area (Å²) in [6.45, 7) is 5.17. The maximum atomic E-state index is 12.6. The van der Waals surface area contributed by atoms with Crippen molar-refractivity contribution in [3.8, 4) is 0 Å². The molecule has 2 amide bonds. The molecule has 6 heteroatoms. The van der Waals surface area contributed by atoms with E-state index in [-0.39, 0.29) is 11.8 Å². The molecule has 0 aromatic rings. The quantitative estimate of drug-likeness (QED) is 0.798. The number of carbonyl (C=O) groups is 2. The van der Waals surface area contributed by atoms with Gasteiger partial charge in [0.05, 0.1) is 12.1 Å². The van der Waals surface area contributed by atoms with Gasteiger partial charge in [-0.3, -0.25) is 14.5 Å². The summed E-state index contributed by atoms with van der Waals surface area (Å²) in [7, 11) is 0. The summed E-state index contributed by atoms with van der Waals surface area (Å²) in [6.07, 6.45) is 6.12. The molecular formula is C16H28N4O2. The van der Waals surface area contributed by atoms with E-state index in [1.165, 1.54) is 12.8 Å². The molecule has 0 bridgehead atoms. The predicted octanol–water partition coefficient (Wildman–Crippen LogP) is 0.0245. The van der Waals surface area contributed by atoms with Crippen LogP contribution in [-0.4, -0.2) is 77.9 Å². The van der Waals surface area contributed by atoms with E-state index in [2.05, 4.69) is 4.90 Å². The summed E-state index contributed by atoms with van der Waals surface area (Å²) in [5.74, 6) is 0.300. The van der Waals surface area contributed by atoms with Crippen LogP contribution in [0.15, 0.2) is 0 Å². The molecule has 22 heavy (non-hydrogen) atoms. The third-order valence-corrected chi connectivity index (χ3v) is 5.40. The minimum atomic E-state index is -0.637. The average molecular weight is 308 g/mol. The number of rotatable bonds is 3. The number of amides is 2. The van der Waals surface area contributed by atoms with Gasteiger partial charge in [0.2, 0.25) is 11.8 Å². The fourth-order valence-electron chi connectivity index (χ4n) is 3.93. The zero-order chi connectivity index (χ0) is 15.6. The van der Waals surface area contributed by atoms with Gasteiger partial charge >= 0.3 is 0 Å². The summed E-state index contributed by atoms with van der Waals surface area (Å²) < 4.78 is 0. The minimum absolute atomic E-state index is 0.0941. The first-order chi connectivity index (χ1) is 10.6. The first-order valence-electron chi connectivity index (χ1n) is 8.67. The molecule has 6 nitrogen and oxygen atoms in total. The number of hydrogen-bond donors (Lipinski definition) is 1. The van der Waals surface area contributed by atoms with Crippen molar-refractivity contribution in [3.63, 3.8) is 0 Å². The molecule has 3 rings (SSSR count). The van der Waals surface area contributed by atoms with Gasteiger partial charge in [-0.2, -0.15) is 0 Å². The highest BCUT2D eigenvalue weighted by Crippen LogP contribution is 2.29. The molecular weight excluding hydrogens is 280 g/mol. The van der Waals surface area contributed by atoms with Crippen LogP contribution in [0.4, 0.5) is 0 Å². The minimum Gasteiger partial charge on any atom is -0.338 e. The van der Waals surface area contributed by atoms with Crippen molar-refractivity contribution in [3.05, 3.63) is 0 Å². The first-order valence-corrected chi connectivity index (χ1v) is 8.67. The third kappa shape index (κ3) is 3.27. The molecule has 2 saturated heterocycles. The van der Waals surface area contributed by atoms with Gasteiger partial charge < -0.3 is 15.5 Å². The van der Waals surface area contributed by atoms with Crippen LogP contribution in [0.25, 0.3) is 0 Å². The molecule has 0 unspecified atom stereocenters. The topological polar surface area (TPSA) is 69.9 Å². The van der Waals surface area contributed by atoms with Crippen LogP contribution >= 0.6 is 0 Å². The van der Waals surface area contributed by atoms with E-state index in [9.17, 15) is 9.59 Å². The molecule has 2 N–H and O–H groups in total. The summed E-state index contributed by atoms with van der Waals surface area (Å²) >= 11 is 0. The molecule has 124 valence electrons. The van der Waals surface area contributed by atoms with Crippen LogP contribution in [0.3, 0.4) is 0 Å². The number of likely N-dealkylation sites (tertiary alicyclic amines) is 1. The van der Waals surface area contributed by atoms with Crippen molar-refractivity contribution in [1.82, 2.24) is 14.7 Å². The Hall–Kier alpha value is -1.14. The zero-order valence-electron chi connectivity index (χ0n) is 13.4. The zero-order valence-corrected chi connectivity index (χ0v) is 13.4. The Morgan fingerprint density at radius 3 is 1.95 bits per heavy atom. The highest BCUT2D eigenvalue weighted by Gasteiger charge is 2.40. The molecule has 0 radical (unpaired) electrons. The molecule has 0 atom stereocenters. The third-order valence-electron chi connectivity index (χ3n) is 5.40. The molecule has 2 heterocycles. The second-order valence-electron chi connectivity index (χ2n) is 7.02. The molecule has 1 aliphatic carbocycles. The summed E-state index contributed by atoms with van der Waals surface area (Å²) in [4.78, 5) is 30.9. The van der Waals surface area contributed by atoms with Crippen LogP contribution in [0.1, 0.15) is 38.5 Å². The van der Waals surface area contributed by atoms with E-state index in [1.807, 2.05) is 9.80 Å². The van der Waals surface area contributed by atoms with Crippen molar-refractivity contribution in [1.29, 1.82) is 0 Å². The molecule has 0 aromatic heterocycles. The fraction of sp³-hybridized carbons (Fsp3) is 0.875. The second kappa shape index (κ2) is 6.54. The lowest BCUT2D eigenvalue weighted by Gasteiger charge is -2.38. The van der Waals surface area contributed by atoms with Crippen molar-refractivity contribution >= 4 is 11.8 Å². The van der Waals surface area contributed by atoms with E-state index in [0.717, 1.165) is 38.8 Å². The lowest BCUT2D eigenvalue weighted by Crippen LogP contribution is -2.59. The Morgan fingerprint density at radius 2 is 1.36 bits per heavy atom. The van der Waals surface area contributed by atoms with Gasteiger partial charge in [-0.15, -0.1) is 0 Å². The van der Waals surface area contributed by atoms with Crippen molar-refractivity contribution in [2.24, 2.45) is 5.73 Å². The smallest absolute Gasteiger partial charge is 0.242 e. The van der Waals surface area contributed by atoms with Crippen LogP contribution in [-0.2, 0) is 9.59 Å². The van der Waals surface area contributed by atoms with Gasteiger partial charge in [0.15, 0.2) is 0 Å². The van der Waals surface area contributed by atoms with Crippen molar-refractivity contribution < 1.29 is 9.59 Å². The number of hydrogen-bond acceptors (Lipinski definition) is 4. The number of nitrogens with zero attached hydrogens (tertiary/aromatic N) is 3. The van der Waals surface area contributed by atoms with E-state index in [1.54, 1.807) is 0 Å². The molecule has 1 saturated carbocycles. The lowest BCUT2D eigenvalue weighted by molar-refractivity contribution is -0.143. The Kier molecular flexibility index (Phi) is 4.68. The van der Waals surface area contributed by atoms with Gasteiger partial charge in [0.25, 0.3) is 0 Å². The van der Waals surface area contributed by atoms with Crippen molar-refractivity contribution in [2.75, 3.05) is 45.8 Å². The van der Waals surface area contributed by atoms with Gasteiger partial charge in [0.1, 0.15) is 0 Å². The molecule has 0 spiro atoms. The second-order valence-corrected chi connectivity index (χ2v) is 7.02. The molecule has 3 fully saturated rings. The molecule has 0 aromatic carbocycles. The number of nitrogens with two attached hydrogens (primary N) is 1. The molecule has 3 aliphatic rings. The first kappa shape index (κ1) is 15.7. The maximum absolute atomic E-state index is 12.6. The monoisotopic (exact) mass is 308 g/mol. The largest absolute Gasteiger partial charge is 0.338 e. The Morgan fingerprint density at radius 1 is 0.818 bits per heavy atom. The maximum Gasteiger partial charge on any atom is 0.242 e. The molecule has 2 aliphatic heterocycles. The number of piperazine rings is 1. The van der Waals surface area contributed by atoms with Gasteiger partial charge in [-0.25, -0.2) is 0 Å². The van der Waals surface area contributed by atoms with Crippen LogP contribution in [0.2, 0.25) is 0 Å². The van der Waals surface area contributed by atoms with Gasteiger partial charge in [-0.05, 0) is 38.8 Å². The van der Waals surface area contributed by atoms with Crippen LogP contribution in [0.5, 0.6) is 0 Å². The van der Waals surface area contributed by atoms with E-state index in [0.29, 0.717) is 32.7 Å². The standard InChI is InChI=1S/C16H28N4O2/c17-16(5-1-2-6-16)15(22)20-11-9-19(10-12-20)14(21)13-18-7-3-4-8-18/h1-13,17H2. The van der Waals surface area contributed by atoms with E-state index >= 15 is 0 Å². The summed E-state index contributed by atoms with van der Waals surface area (Å²) in [6, 6.07) is 0. The van der Waals surface area contributed by atoms with Gasteiger partial charge in [-0.1, -0.05) is 12.8 Å². The van der Waals surface area contributed by atoms with E-state index in [4.69, 9.17) is 5.73 Å². The lowest BCUT2D eigenvalue weighted by atomic mass is 9.97. The van der Waals surface area contributed by atoms with Gasteiger partial charge in [0, 0.05) is 26.2 Å². The predicted molar refractivity (Wildman–Crippen MR) is 84.2 cm³/mol. The Labute approximate surface area is 132 Å². The summed E-state index contributed by atoms with van der Waals surface area (Å²) in [5.41, 5.74) is 5.62. The van der Waals surface area contributed by atoms with Crippen LogP contribution in [0, 0.1) is 0 Å².